The number of halogens is 6. The van der Waals surface area contributed by atoms with E-state index in [-0.39, 0.29) is 30.0 Å². The molecule has 0 aliphatic rings. The van der Waals surface area contributed by atoms with Gasteiger partial charge in [-0.2, -0.15) is 13.2 Å². The van der Waals surface area contributed by atoms with Gasteiger partial charge in [0.25, 0.3) is 0 Å². The Kier molecular flexibility index (Phi) is 7.39. The smallest absolute Gasteiger partial charge is 0.406 e. The zero-order valence-corrected chi connectivity index (χ0v) is 21.5. The predicted octanol–water partition coefficient (Wildman–Crippen LogP) is 7.34. The molecule has 0 fully saturated rings. The van der Waals surface area contributed by atoms with Gasteiger partial charge < -0.3 is 19.0 Å². The maximum atomic E-state index is 14.1. The van der Waals surface area contributed by atoms with Crippen LogP contribution < -0.4 is 10.4 Å². The number of hydrogen-bond donors (Lipinski definition) is 1. The van der Waals surface area contributed by atoms with Crippen LogP contribution in [0.15, 0.2) is 96.0 Å². The first-order valence-electron chi connectivity index (χ1n) is 12.4. The Hall–Kier alpha value is -4.51. The van der Waals surface area contributed by atoms with Gasteiger partial charge in [0, 0.05) is 12.6 Å². The number of ether oxygens (including phenoxy) is 1. The summed E-state index contributed by atoms with van der Waals surface area (Å²) < 4.78 is 87.4. The van der Waals surface area contributed by atoms with Crippen LogP contribution in [0, 0.1) is 0 Å². The van der Waals surface area contributed by atoms with Gasteiger partial charge >= 0.3 is 12.5 Å². The van der Waals surface area contributed by atoms with Crippen LogP contribution in [0.2, 0.25) is 0 Å². The molecular weight excluding hydrogens is 548 g/mol. The summed E-state index contributed by atoms with van der Waals surface area (Å²) in [4.78, 5) is 4.64. The first kappa shape index (κ1) is 28.0. The van der Waals surface area contributed by atoms with Gasteiger partial charge in [-0.15, -0.1) is 13.2 Å². The third-order valence-electron chi connectivity index (χ3n) is 6.52. The molecule has 0 saturated heterocycles. The summed E-state index contributed by atoms with van der Waals surface area (Å²) >= 11 is 0. The molecule has 4 aromatic carbocycles. The molecule has 5 nitrogen and oxygen atoms in total. The highest BCUT2D eigenvalue weighted by atomic mass is 19.4. The molecule has 1 heterocycles. The second kappa shape index (κ2) is 10.8. The van der Waals surface area contributed by atoms with E-state index in [1.165, 1.54) is 12.1 Å². The highest BCUT2D eigenvalue weighted by molar-refractivity contribution is 5.93. The van der Waals surface area contributed by atoms with E-state index in [1.54, 1.807) is 70.8 Å². The van der Waals surface area contributed by atoms with Crippen molar-refractivity contribution in [2.24, 2.45) is 12.0 Å². The van der Waals surface area contributed by atoms with Crippen LogP contribution in [0.1, 0.15) is 16.7 Å². The fourth-order valence-corrected chi connectivity index (χ4v) is 4.63. The number of aliphatic hydroxyl groups is 1. The molecule has 0 saturated carbocycles. The maximum absolute atomic E-state index is 14.1. The molecule has 1 aromatic heterocycles. The van der Waals surface area contributed by atoms with E-state index >= 15 is 0 Å². The standard InChI is InChI=1S/C30H23F6N3O2/c1-38-27-25(21-5-3-2-4-6-21)15-22(29(31,32)33)16-26(27)39(17-19-7-9-20(18-40)10-8-19)28(38)37-23-11-13-24(14-12-23)41-30(34,35)36/h2-16,40H,17-18H2,1H3/b37-28-. The monoisotopic (exact) mass is 571 g/mol. The summed E-state index contributed by atoms with van der Waals surface area (Å²) in [7, 11) is 1.67. The van der Waals surface area contributed by atoms with Crippen LogP contribution in [0.3, 0.4) is 0 Å². The van der Waals surface area contributed by atoms with Crippen molar-refractivity contribution >= 4 is 16.7 Å². The molecule has 41 heavy (non-hydrogen) atoms. The van der Waals surface area contributed by atoms with Crippen LogP contribution in [0.25, 0.3) is 22.2 Å². The molecule has 1 N–H and O–H groups in total. The highest BCUT2D eigenvalue weighted by Gasteiger charge is 2.33. The summed E-state index contributed by atoms with van der Waals surface area (Å²) in [6.07, 6.45) is -9.48. The number of rotatable bonds is 6. The Bertz CT molecular complexity index is 1740. The second-order valence-electron chi connectivity index (χ2n) is 9.33. The fraction of sp³-hybridized carbons (Fsp3) is 0.167. The van der Waals surface area contributed by atoms with Crippen molar-refractivity contribution in [3.8, 4) is 16.9 Å². The van der Waals surface area contributed by atoms with Crippen LogP contribution in [0.4, 0.5) is 32.0 Å². The molecule has 0 aliphatic carbocycles. The molecule has 0 amide bonds. The van der Waals surface area contributed by atoms with E-state index in [9.17, 15) is 31.4 Å². The van der Waals surface area contributed by atoms with E-state index in [0.29, 0.717) is 22.2 Å². The number of fused-ring (bicyclic) bond motifs is 1. The first-order valence-corrected chi connectivity index (χ1v) is 12.4. The first-order chi connectivity index (χ1) is 19.4. The van der Waals surface area contributed by atoms with E-state index in [1.807, 2.05) is 0 Å². The Balaban J connectivity index is 1.78. The average Bonchev–Trinajstić information content (AvgIpc) is 3.19. The van der Waals surface area contributed by atoms with Crippen molar-refractivity contribution in [3.63, 3.8) is 0 Å². The van der Waals surface area contributed by atoms with Crippen molar-refractivity contribution in [2.75, 3.05) is 0 Å². The minimum absolute atomic E-state index is 0.132. The Morgan fingerprint density at radius 3 is 2.02 bits per heavy atom. The van der Waals surface area contributed by atoms with Crippen molar-refractivity contribution in [1.82, 2.24) is 9.13 Å². The third kappa shape index (κ3) is 6.14. The highest BCUT2D eigenvalue weighted by Crippen LogP contribution is 2.37. The molecule has 212 valence electrons. The lowest BCUT2D eigenvalue weighted by atomic mass is 10.0. The minimum atomic E-state index is -4.85. The Morgan fingerprint density at radius 1 is 0.805 bits per heavy atom. The van der Waals surface area contributed by atoms with Crippen LogP contribution in [-0.4, -0.2) is 20.6 Å². The molecule has 0 unspecified atom stereocenters. The average molecular weight is 572 g/mol. The molecule has 0 bridgehead atoms. The lowest BCUT2D eigenvalue weighted by Gasteiger charge is -2.13. The van der Waals surface area contributed by atoms with Crippen molar-refractivity contribution in [2.45, 2.75) is 25.7 Å². The topological polar surface area (TPSA) is 51.7 Å². The van der Waals surface area contributed by atoms with E-state index in [4.69, 9.17) is 0 Å². The van der Waals surface area contributed by atoms with Crippen molar-refractivity contribution < 1.29 is 36.2 Å². The molecule has 11 heteroatoms. The van der Waals surface area contributed by atoms with Gasteiger partial charge in [-0.3, -0.25) is 0 Å². The summed E-state index contributed by atoms with van der Waals surface area (Å²) in [5, 5.41) is 9.40. The van der Waals surface area contributed by atoms with Crippen LogP contribution in [0.5, 0.6) is 5.75 Å². The molecule has 5 rings (SSSR count). The second-order valence-corrected chi connectivity index (χ2v) is 9.33. The number of imidazole rings is 1. The number of aryl methyl sites for hydroxylation is 1. The van der Waals surface area contributed by atoms with Gasteiger partial charge in [-0.25, -0.2) is 4.99 Å². The maximum Gasteiger partial charge on any atom is 0.573 e. The van der Waals surface area contributed by atoms with Crippen LogP contribution >= 0.6 is 0 Å². The normalized spacial score (nSPS) is 12.7. The number of hydrogen-bond acceptors (Lipinski definition) is 3. The van der Waals surface area contributed by atoms with E-state index in [0.717, 1.165) is 29.8 Å². The zero-order valence-electron chi connectivity index (χ0n) is 21.5. The van der Waals surface area contributed by atoms with Gasteiger partial charge in [0.15, 0.2) is 0 Å². The molecule has 0 spiro atoms. The number of aromatic nitrogens is 2. The van der Waals surface area contributed by atoms with Crippen molar-refractivity contribution in [1.29, 1.82) is 0 Å². The largest absolute Gasteiger partial charge is 0.573 e. The molecule has 5 aromatic rings. The zero-order chi connectivity index (χ0) is 29.4. The van der Waals surface area contributed by atoms with Gasteiger partial charge in [0.2, 0.25) is 5.62 Å². The summed E-state index contributed by atoms with van der Waals surface area (Å²) in [5.41, 5.74) is 2.80. The third-order valence-corrected chi connectivity index (χ3v) is 6.52. The van der Waals surface area contributed by atoms with Gasteiger partial charge in [-0.05, 0) is 53.1 Å². The summed E-state index contributed by atoms with van der Waals surface area (Å²) in [5.74, 6) is -0.425. The number of benzene rings is 4. The summed E-state index contributed by atoms with van der Waals surface area (Å²) in [6, 6.07) is 22.7. The van der Waals surface area contributed by atoms with Gasteiger partial charge in [0.05, 0.1) is 35.4 Å². The van der Waals surface area contributed by atoms with Crippen molar-refractivity contribution in [3.05, 3.63) is 113 Å². The number of alkyl halides is 6. The molecule has 0 atom stereocenters. The lowest BCUT2D eigenvalue weighted by Crippen LogP contribution is -2.24. The molecular formula is C30H23F6N3O2. The quantitative estimate of drug-likeness (QED) is 0.217. The minimum Gasteiger partial charge on any atom is -0.406 e. The lowest BCUT2D eigenvalue weighted by molar-refractivity contribution is -0.274. The Labute approximate surface area is 230 Å². The number of aliphatic hydroxyl groups excluding tert-OH is 1. The Morgan fingerprint density at radius 2 is 1.44 bits per heavy atom. The SMILES string of the molecule is Cn1/c(=N/c2ccc(OC(F)(F)F)cc2)n(Cc2ccc(CO)cc2)c2cc(C(F)(F)F)cc(-c3ccccc3)c21. The summed E-state index contributed by atoms with van der Waals surface area (Å²) in [6.45, 7) is -0.0294. The van der Waals surface area contributed by atoms with E-state index < -0.39 is 23.9 Å². The number of nitrogens with zero attached hydrogens (tertiary/aromatic N) is 3. The van der Waals surface area contributed by atoms with Gasteiger partial charge in [0.1, 0.15) is 5.75 Å². The molecule has 0 aliphatic heterocycles. The van der Waals surface area contributed by atoms with Gasteiger partial charge in [-0.1, -0.05) is 54.6 Å². The van der Waals surface area contributed by atoms with Crippen LogP contribution in [-0.2, 0) is 26.4 Å². The fourth-order valence-electron chi connectivity index (χ4n) is 4.63. The molecule has 0 radical (unpaired) electrons. The van der Waals surface area contributed by atoms with E-state index in [2.05, 4.69) is 9.73 Å². The predicted molar refractivity (Wildman–Crippen MR) is 141 cm³/mol.